The number of hydrogen-bond acceptors (Lipinski definition) is 7. The number of benzene rings is 1. The minimum atomic E-state index is -0.104. The van der Waals surface area contributed by atoms with Crippen LogP contribution in [0.4, 0.5) is 5.82 Å². The lowest BCUT2D eigenvalue weighted by atomic mass is 9.98. The van der Waals surface area contributed by atoms with Crippen molar-refractivity contribution >= 4 is 11.7 Å². The number of carbonyl (C=O) groups excluding carboxylic acids is 1. The monoisotopic (exact) mass is 398 g/mol. The van der Waals surface area contributed by atoms with Crippen molar-refractivity contribution < 1.29 is 19.0 Å². The van der Waals surface area contributed by atoms with Crippen molar-refractivity contribution in [3.05, 3.63) is 41.3 Å². The summed E-state index contributed by atoms with van der Waals surface area (Å²) in [7, 11) is 3.24. The molecule has 2 aromatic rings. The Hall–Kier alpha value is -2.87. The average molecular weight is 398 g/mol. The molecule has 154 valence electrons. The first-order valence-corrected chi connectivity index (χ1v) is 9.88. The van der Waals surface area contributed by atoms with Crippen LogP contribution >= 0.6 is 0 Å². The van der Waals surface area contributed by atoms with Crippen molar-refractivity contribution in [2.45, 2.75) is 31.9 Å². The van der Waals surface area contributed by atoms with Crippen LogP contribution in [0.25, 0.3) is 0 Å². The highest BCUT2D eigenvalue weighted by atomic mass is 16.5. The second-order valence-corrected chi connectivity index (χ2v) is 7.26. The van der Waals surface area contributed by atoms with E-state index in [0.29, 0.717) is 42.6 Å². The van der Waals surface area contributed by atoms with Crippen LogP contribution in [0.5, 0.6) is 11.5 Å². The fourth-order valence-electron chi connectivity index (χ4n) is 3.81. The highest BCUT2D eigenvalue weighted by molar-refractivity contribution is 5.93. The van der Waals surface area contributed by atoms with Gasteiger partial charge in [0.15, 0.2) is 11.5 Å². The van der Waals surface area contributed by atoms with Gasteiger partial charge < -0.3 is 24.4 Å². The first-order valence-electron chi connectivity index (χ1n) is 9.88. The van der Waals surface area contributed by atoms with Crippen molar-refractivity contribution in [3.8, 4) is 11.5 Å². The molecule has 1 fully saturated rings. The molecule has 2 aliphatic heterocycles. The van der Waals surface area contributed by atoms with Crippen LogP contribution in [-0.2, 0) is 17.7 Å². The van der Waals surface area contributed by atoms with Gasteiger partial charge in [-0.15, -0.1) is 0 Å². The predicted molar refractivity (Wildman–Crippen MR) is 107 cm³/mol. The lowest BCUT2D eigenvalue weighted by Gasteiger charge is -2.29. The van der Waals surface area contributed by atoms with Crippen LogP contribution in [0.1, 0.15) is 34.5 Å². The quantitative estimate of drug-likeness (QED) is 0.799. The Morgan fingerprint density at radius 2 is 2.00 bits per heavy atom. The number of nitrogens with one attached hydrogen (secondary N) is 1. The summed E-state index contributed by atoms with van der Waals surface area (Å²) < 4.78 is 16.4. The smallest absolute Gasteiger partial charge is 0.272 e. The number of amides is 1. The summed E-state index contributed by atoms with van der Waals surface area (Å²) in [6.45, 7) is 2.64. The standard InChI is InChI=1S/C21H26N4O4/c1-27-18-8-14-5-6-25(12-15(14)9-19(18)28-2)21(26)17-10-20(24-13-23-17)22-11-16-4-3-7-29-16/h8-10,13,16H,3-7,11-12H2,1-2H3,(H,22,23,24). The van der Waals surface area contributed by atoms with Gasteiger partial charge in [0.1, 0.15) is 17.8 Å². The van der Waals surface area contributed by atoms with E-state index in [2.05, 4.69) is 15.3 Å². The molecular weight excluding hydrogens is 372 g/mol. The van der Waals surface area contributed by atoms with E-state index in [1.165, 1.54) is 11.9 Å². The van der Waals surface area contributed by atoms with Crippen molar-refractivity contribution in [2.24, 2.45) is 0 Å². The van der Waals surface area contributed by atoms with Crippen LogP contribution in [-0.4, -0.2) is 60.8 Å². The van der Waals surface area contributed by atoms with Crippen LogP contribution < -0.4 is 14.8 Å². The number of carbonyl (C=O) groups is 1. The van der Waals surface area contributed by atoms with Crippen molar-refractivity contribution in [2.75, 3.05) is 39.2 Å². The molecule has 0 aliphatic carbocycles. The lowest BCUT2D eigenvalue weighted by Crippen LogP contribution is -2.36. The summed E-state index contributed by atoms with van der Waals surface area (Å²) in [6.07, 6.45) is 4.53. The lowest BCUT2D eigenvalue weighted by molar-refractivity contribution is 0.0728. The number of rotatable bonds is 6. The molecule has 0 spiro atoms. The maximum atomic E-state index is 13.0. The normalized spacial score (nSPS) is 18.3. The number of methoxy groups -OCH3 is 2. The molecule has 1 aromatic carbocycles. The van der Waals surface area contributed by atoms with E-state index in [-0.39, 0.29) is 12.0 Å². The maximum absolute atomic E-state index is 13.0. The molecule has 3 heterocycles. The molecule has 1 N–H and O–H groups in total. The van der Waals surface area contributed by atoms with E-state index in [1.54, 1.807) is 25.2 Å². The summed E-state index contributed by atoms with van der Waals surface area (Å²) >= 11 is 0. The molecule has 0 saturated carbocycles. The van der Waals surface area contributed by atoms with Crippen LogP contribution in [0.3, 0.4) is 0 Å². The van der Waals surface area contributed by atoms with Gasteiger partial charge in [0.2, 0.25) is 0 Å². The zero-order valence-electron chi connectivity index (χ0n) is 16.8. The Labute approximate surface area is 170 Å². The second kappa shape index (κ2) is 8.65. The van der Waals surface area contributed by atoms with Gasteiger partial charge in [-0.3, -0.25) is 4.79 Å². The summed E-state index contributed by atoms with van der Waals surface area (Å²) in [5.74, 6) is 1.92. The number of aromatic nitrogens is 2. The van der Waals surface area contributed by atoms with Gasteiger partial charge in [-0.25, -0.2) is 9.97 Å². The fraction of sp³-hybridized carbons (Fsp3) is 0.476. The number of anilines is 1. The van der Waals surface area contributed by atoms with Crippen LogP contribution in [0.15, 0.2) is 24.5 Å². The van der Waals surface area contributed by atoms with Crippen molar-refractivity contribution in [1.82, 2.24) is 14.9 Å². The topological polar surface area (TPSA) is 85.8 Å². The van der Waals surface area contributed by atoms with E-state index in [9.17, 15) is 4.79 Å². The molecule has 0 bridgehead atoms. The third-order valence-corrected chi connectivity index (χ3v) is 5.43. The van der Waals surface area contributed by atoms with E-state index in [0.717, 1.165) is 31.4 Å². The number of nitrogens with zero attached hydrogens (tertiary/aromatic N) is 3. The molecule has 1 unspecified atom stereocenters. The Kier molecular flexibility index (Phi) is 5.80. The molecular formula is C21H26N4O4. The van der Waals surface area contributed by atoms with Crippen molar-refractivity contribution in [3.63, 3.8) is 0 Å². The molecule has 29 heavy (non-hydrogen) atoms. The SMILES string of the molecule is COc1cc2c(cc1OC)CN(C(=O)c1cc(NCC3CCCO3)ncn1)CC2. The van der Waals surface area contributed by atoms with Gasteiger partial charge in [0, 0.05) is 32.3 Å². The molecule has 2 aliphatic rings. The molecule has 1 amide bonds. The Balaban J connectivity index is 1.45. The van der Waals surface area contributed by atoms with Gasteiger partial charge in [0.25, 0.3) is 5.91 Å². The fourth-order valence-corrected chi connectivity index (χ4v) is 3.81. The Morgan fingerprint density at radius 3 is 2.72 bits per heavy atom. The Bertz CT molecular complexity index is 883. The van der Waals surface area contributed by atoms with E-state index < -0.39 is 0 Å². The average Bonchev–Trinajstić information content (AvgIpc) is 3.29. The third kappa shape index (κ3) is 4.27. The molecule has 1 aromatic heterocycles. The minimum absolute atomic E-state index is 0.104. The van der Waals surface area contributed by atoms with Gasteiger partial charge in [0.05, 0.1) is 20.3 Å². The summed E-state index contributed by atoms with van der Waals surface area (Å²) in [4.78, 5) is 23.3. The second-order valence-electron chi connectivity index (χ2n) is 7.26. The number of ether oxygens (including phenoxy) is 3. The number of hydrogen-bond donors (Lipinski definition) is 1. The van der Waals surface area contributed by atoms with E-state index >= 15 is 0 Å². The van der Waals surface area contributed by atoms with Gasteiger partial charge >= 0.3 is 0 Å². The number of fused-ring (bicyclic) bond motifs is 1. The first-order chi connectivity index (χ1) is 14.2. The molecule has 1 atom stereocenters. The molecule has 0 radical (unpaired) electrons. The van der Waals surface area contributed by atoms with Crippen molar-refractivity contribution in [1.29, 1.82) is 0 Å². The minimum Gasteiger partial charge on any atom is -0.493 e. The summed E-state index contributed by atoms with van der Waals surface area (Å²) in [5, 5.41) is 3.25. The highest BCUT2D eigenvalue weighted by Crippen LogP contribution is 2.33. The molecule has 4 rings (SSSR count). The molecule has 8 nitrogen and oxygen atoms in total. The Morgan fingerprint density at radius 1 is 1.21 bits per heavy atom. The largest absolute Gasteiger partial charge is 0.493 e. The summed E-state index contributed by atoms with van der Waals surface area (Å²) in [6, 6.07) is 5.65. The maximum Gasteiger partial charge on any atom is 0.272 e. The zero-order valence-corrected chi connectivity index (χ0v) is 16.8. The highest BCUT2D eigenvalue weighted by Gasteiger charge is 2.25. The predicted octanol–water partition coefficient (Wildman–Crippen LogP) is 2.28. The van der Waals surface area contributed by atoms with Gasteiger partial charge in [-0.05, 0) is 42.5 Å². The van der Waals surface area contributed by atoms with Gasteiger partial charge in [-0.1, -0.05) is 0 Å². The first kappa shape index (κ1) is 19.4. The summed E-state index contributed by atoms with van der Waals surface area (Å²) in [5.41, 5.74) is 2.63. The van der Waals surface area contributed by atoms with E-state index in [4.69, 9.17) is 14.2 Å². The van der Waals surface area contributed by atoms with Crippen LogP contribution in [0, 0.1) is 0 Å². The van der Waals surface area contributed by atoms with Gasteiger partial charge in [-0.2, -0.15) is 0 Å². The zero-order chi connectivity index (χ0) is 20.2. The molecule has 1 saturated heterocycles. The molecule has 8 heteroatoms. The van der Waals surface area contributed by atoms with E-state index in [1.807, 2.05) is 12.1 Å². The third-order valence-electron chi connectivity index (χ3n) is 5.43. The van der Waals surface area contributed by atoms with Crippen LogP contribution in [0.2, 0.25) is 0 Å².